The van der Waals surface area contributed by atoms with Crippen LogP contribution in [0.3, 0.4) is 0 Å². The Bertz CT molecular complexity index is 529. The van der Waals surface area contributed by atoms with Crippen molar-refractivity contribution in [2.24, 2.45) is 0 Å². The van der Waals surface area contributed by atoms with Crippen molar-refractivity contribution in [2.45, 2.75) is 33.2 Å². The Hall–Kier alpha value is -1.74. The van der Waals surface area contributed by atoms with E-state index in [1.54, 1.807) is 0 Å². The van der Waals surface area contributed by atoms with Crippen LogP contribution in [-0.4, -0.2) is 28.0 Å². The van der Waals surface area contributed by atoms with Crippen LogP contribution in [0.2, 0.25) is 0 Å². The van der Waals surface area contributed by atoms with E-state index in [0.29, 0.717) is 0 Å². The molecule has 0 unspecified atom stereocenters. The predicted octanol–water partition coefficient (Wildman–Crippen LogP) is 3.39. The van der Waals surface area contributed by atoms with E-state index in [2.05, 4.69) is 23.4 Å². The SMILES string of the molecule is C=C/C(=C\C=C/C)c1ncc2c(n1)CCCN(CC)C2. The molecule has 1 aliphatic rings. The van der Waals surface area contributed by atoms with Gasteiger partial charge >= 0.3 is 0 Å². The molecule has 2 heterocycles. The van der Waals surface area contributed by atoms with E-state index in [9.17, 15) is 0 Å². The molecule has 0 bridgehead atoms. The second-order valence-electron chi connectivity index (χ2n) is 4.99. The van der Waals surface area contributed by atoms with Gasteiger partial charge in [-0.05, 0) is 32.9 Å². The third-order valence-corrected chi connectivity index (χ3v) is 3.63. The smallest absolute Gasteiger partial charge is 0.159 e. The highest BCUT2D eigenvalue weighted by Gasteiger charge is 2.15. The molecule has 0 radical (unpaired) electrons. The first-order chi connectivity index (χ1) is 9.78. The number of hydrogen-bond donors (Lipinski definition) is 0. The normalized spacial score (nSPS) is 17.0. The molecule has 0 aromatic carbocycles. The van der Waals surface area contributed by atoms with Crippen LogP contribution < -0.4 is 0 Å². The van der Waals surface area contributed by atoms with Crippen LogP contribution in [0, 0.1) is 0 Å². The first kappa shape index (κ1) is 14.7. The zero-order valence-corrected chi connectivity index (χ0v) is 12.5. The Labute approximate surface area is 121 Å². The van der Waals surface area contributed by atoms with E-state index in [4.69, 9.17) is 4.98 Å². The van der Waals surface area contributed by atoms with Crippen molar-refractivity contribution in [3.8, 4) is 0 Å². The first-order valence-electron chi connectivity index (χ1n) is 7.31. The molecule has 1 aromatic heterocycles. The molecule has 0 spiro atoms. The minimum Gasteiger partial charge on any atom is -0.299 e. The lowest BCUT2D eigenvalue weighted by Crippen LogP contribution is -2.22. The number of fused-ring (bicyclic) bond motifs is 1. The maximum Gasteiger partial charge on any atom is 0.159 e. The van der Waals surface area contributed by atoms with E-state index in [-0.39, 0.29) is 0 Å². The van der Waals surface area contributed by atoms with Crippen LogP contribution in [0.25, 0.3) is 5.57 Å². The second kappa shape index (κ2) is 7.15. The minimum absolute atomic E-state index is 0.779. The van der Waals surface area contributed by atoms with E-state index >= 15 is 0 Å². The zero-order valence-electron chi connectivity index (χ0n) is 12.5. The number of hydrogen-bond acceptors (Lipinski definition) is 3. The van der Waals surface area contributed by atoms with E-state index in [0.717, 1.165) is 37.5 Å². The third-order valence-electron chi connectivity index (χ3n) is 3.63. The van der Waals surface area contributed by atoms with Crippen molar-refractivity contribution in [3.63, 3.8) is 0 Å². The maximum atomic E-state index is 4.75. The lowest BCUT2D eigenvalue weighted by molar-refractivity contribution is 0.284. The van der Waals surface area contributed by atoms with E-state index in [1.807, 2.05) is 37.4 Å². The van der Waals surface area contributed by atoms with Crippen LogP contribution in [0.1, 0.15) is 37.4 Å². The van der Waals surface area contributed by atoms with Crippen molar-refractivity contribution in [1.29, 1.82) is 0 Å². The molecule has 0 saturated heterocycles. The molecule has 0 saturated carbocycles. The summed E-state index contributed by atoms with van der Waals surface area (Å²) in [7, 11) is 0. The predicted molar refractivity (Wildman–Crippen MR) is 84.3 cm³/mol. The van der Waals surface area contributed by atoms with Crippen LogP contribution in [0.15, 0.2) is 37.1 Å². The number of aryl methyl sites for hydroxylation is 1. The Balaban J connectivity index is 2.32. The lowest BCUT2D eigenvalue weighted by atomic mass is 10.1. The summed E-state index contributed by atoms with van der Waals surface area (Å²) in [6, 6.07) is 0. The molecule has 106 valence electrons. The van der Waals surface area contributed by atoms with Crippen LogP contribution in [0.4, 0.5) is 0 Å². The quantitative estimate of drug-likeness (QED) is 0.785. The van der Waals surface area contributed by atoms with Crippen molar-refractivity contribution < 1.29 is 0 Å². The second-order valence-corrected chi connectivity index (χ2v) is 4.99. The van der Waals surface area contributed by atoms with Crippen LogP contribution in [0.5, 0.6) is 0 Å². The summed E-state index contributed by atoms with van der Waals surface area (Å²) in [5, 5.41) is 0. The Morgan fingerprint density at radius 2 is 2.35 bits per heavy atom. The fraction of sp³-hybridized carbons (Fsp3) is 0.412. The van der Waals surface area contributed by atoms with Gasteiger partial charge in [0.2, 0.25) is 0 Å². The van der Waals surface area contributed by atoms with Gasteiger partial charge in [0.15, 0.2) is 5.82 Å². The monoisotopic (exact) mass is 269 g/mol. The molecule has 3 heteroatoms. The third kappa shape index (κ3) is 3.42. The molecule has 2 rings (SSSR count). The topological polar surface area (TPSA) is 29.0 Å². The van der Waals surface area contributed by atoms with Crippen molar-refractivity contribution in [1.82, 2.24) is 14.9 Å². The summed E-state index contributed by atoms with van der Waals surface area (Å²) >= 11 is 0. The Morgan fingerprint density at radius 3 is 3.05 bits per heavy atom. The standard InChI is InChI=1S/C17H23N3/c1-4-7-9-14(5-2)17-18-12-15-13-20(6-3)11-8-10-16(15)19-17/h4-5,7,9,12H,2,6,8,10-11,13H2,1,3H3/b7-4-,14-9+. The fourth-order valence-corrected chi connectivity index (χ4v) is 2.42. The summed E-state index contributed by atoms with van der Waals surface area (Å²) in [4.78, 5) is 11.7. The number of allylic oxidation sites excluding steroid dienone is 5. The largest absolute Gasteiger partial charge is 0.299 e. The van der Waals surface area contributed by atoms with Gasteiger partial charge in [0, 0.05) is 29.6 Å². The van der Waals surface area contributed by atoms with E-state index in [1.165, 1.54) is 17.7 Å². The Morgan fingerprint density at radius 1 is 1.50 bits per heavy atom. The number of nitrogens with zero attached hydrogens (tertiary/aromatic N) is 3. The summed E-state index contributed by atoms with van der Waals surface area (Å²) in [6.07, 6.45) is 12.0. The van der Waals surface area contributed by atoms with Crippen molar-refractivity contribution in [2.75, 3.05) is 13.1 Å². The summed E-state index contributed by atoms with van der Waals surface area (Å²) < 4.78 is 0. The molecule has 0 amide bonds. The molecular formula is C17H23N3. The average Bonchev–Trinajstić information content (AvgIpc) is 2.69. The molecule has 1 aliphatic heterocycles. The zero-order chi connectivity index (χ0) is 14.4. The molecule has 20 heavy (non-hydrogen) atoms. The van der Waals surface area contributed by atoms with Gasteiger partial charge in [-0.2, -0.15) is 0 Å². The first-order valence-corrected chi connectivity index (χ1v) is 7.31. The number of aromatic nitrogens is 2. The van der Waals surface area contributed by atoms with Gasteiger partial charge in [0.25, 0.3) is 0 Å². The molecule has 1 aromatic rings. The molecule has 0 aliphatic carbocycles. The van der Waals surface area contributed by atoms with Crippen molar-refractivity contribution >= 4 is 5.57 Å². The highest BCUT2D eigenvalue weighted by atomic mass is 15.1. The molecule has 3 nitrogen and oxygen atoms in total. The number of rotatable bonds is 4. The maximum absolute atomic E-state index is 4.75. The van der Waals surface area contributed by atoms with Gasteiger partial charge in [-0.15, -0.1) is 0 Å². The lowest BCUT2D eigenvalue weighted by Gasteiger charge is -2.17. The molecule has 0 N–H and O–H groups in total. The fourth-order valence-electron chi connectivity index (χ4n) is 2.42. The van der Waals surface area contributed by atoms with Gasteiger partial charge < -0.3 is 0 Å². The van der Waals surface area contributed by atoms with Gasteiger partial charge in [0.05, 0.1) is 0 Å². The van der Waals surface area contributed by atoms with E-state index < -0.39 is 0 Å². The van der Waals surface area contributed by atoms with Crippen LogP contribution >= 0.6 is 0 Å². The minimum atomic E-state index is 0.779. The van der Waals surface area contributed by atoms with Crippen molar-refractivity contribution in [3.05, 3.63) is 54.2 Å². The molecule has 0 atom stereocenters. The highest BCUT2D eigenvalue weighted by Crippen LogP contribution is 2.19. The highest BCUT2D eigenvalue weighted by molar-refractivity contribution is 5.70. The summed E-state index contributed by atoms with van der Waals surface area (Å²) in [6.45, 7) is 11.2. The van der Waals surface area contributed by atoms with Gasteiger partial charge in [-0.25, -0.2) is 9.97 Å². The molecular weight excluding hydrogens is 246 g/mol. The van der Waals surface area contributed by atoms with Crippen LogP contribution in [-0.2, 0) is 13.0 Å². The average molecular weight is 269 g/mol. The van der Waals surface area contributed by atoms with Gasteiger partial charge in [0.1, 0.15) is 0 Å². The summed E-state index contributed by atoms with van der Waals surface area (Å²) in [5.41, 5.74) is 3.43. The van der Waals surface area contributed by atoms with Gasteiger partial charge in [-0.1, -0.05) is 37.8 Å². The van der Waals surface area contributed by atoms with Gasteiger partial charge in [-0.3, -0.25) is 4.90 Å². The summed E-state index contributed by atoms with van der Waals surface area (Å²) in [5.74, 6) is 0.779. The molecule has 0 fully saturated rings. The Kier molecular flexibility index (Phi) is 5.24.